The second-order valence-electron chi connectivity index (χ2n) is 6.58. The minimum absolute atomic E-state index is 0. The number of guanidine groups is 1. The average Bonchev–Trinajstić information content (AvgIpc) is 3.28. The van der Waals surface area contributed by atoms with Crippen LogP contribution in [0.5, 0.6) is 17.2 Å². The van der Waals surface area contributed by atoms with Crippen molar-refractivity contribution in [3.05, 3.63) is 66.0 Å². The molecule has 0 radical (unpaired) electrons. The van der Waals surface area contributed by atoms with Crippen LogP contribution in [-0.2, 0) is 13.1 Å². The summed E-state index contributed by atoms with van der Waals surface area (Å²) >= 11 is 0. The number of halogens is 3. The fraction of sp³-hybridized carbons (Fsp3) is 0.273. The number of aliphatic imine (C=N–C) groups is 1. The molecule has 33 heavy (non-hydrogen) atoms. The first-order valence-electron chi connectivity index (χ1n) is 9.77. The van der Waals surface area contributed by atoms with Crippen LogP contribution in [0.3, 0.4) is 0 Å². The van der Waals surface area contributed by atoms with Gasteiger partial charge in [0.1, 0.15) is 17.2 Å². The predicted molar refractivity (Wildman–Crippen MR) is 132 cm³/mol. The van der Waals surface area contributed by atoms with Crippen molar-refractivity contribution in [2.24, 2.45) is 4.99 Å². The van der Waals surface area contributed by atoms with Gasteiger partial charge in [-0.25, -0.2) is 4.68 Å². The maximum absolute atomic E-state index is 12.7. The van der Waals surface area contributed by atoms with E-state index in [0.717, 1.165) is 17.1 Å². The summed E-state index contributed by atoms with van der Waals surface area (Å²) in [6.07, 6.45) is 1.86. The molecule has 11 heteroatoms. The van der Waals surface area contributed by atoms with Gasteiger partial charge in [-0.15, -0.1) is 24.0 Å². The van der Waals surface area contributed by atoms with Crippen molar-refractivity contribution >= 4 is 29.9 Å². The highest BCUT2D eigenvalue weighted by Crippen LogP contribution is 2.25. The minimum atomic E-state index is -2.92. The molecule has 0 aliphatic rings. The molecule has 1 heterocycles. The molecule has 0 aliphatic carbocycles. The lowest BCUT2D eigenvalue weighted by molar-refractivity contribution is -0.0505. The van der Waals surface area contributed by atoms with Crippen LogP contribution in [0.15, 0.2) is 59.7 Å². The Morgan fingerprint density at radius 2 is 1.67 bits per heavy atom. The van der Waals surface area contributed by atoms with Crippen LogP contribution in [0.4, 0.5) is 8.78 Å². The molecule has 0 aliphatic heterocycles. The van der Waals surface area contributed by atoms with Gasteiger partial charge in [0.15, 0.2) is 5.96 Å². The fourth-order valence-electron chi connectivity index (χ4n) is 2.94. The van der Waals surface area contributed by atoms with Crippen molar-refractivity contribution in [1.82, 2.24) is 20.4 Å². The molecule has 178 valence electrons. The summed E-state index contributed by atoms with van der Waals surface area (Å²) in [7, 11) is 4.74. The first-order valence-corrected chi connectivity index (χ1v) is 9.77. The SMILES string of the molecule is CN=C(NCc1ccn(-c2ccc(OC)cc2)n1)NCc1cc(OC)ccc1OC(F)F.I. The van der Waals surface area contributed by atoms with Crippen molar-refractivity contribution in [2.75, 3.05) is 21.3 Å². The molecule has 0 fully saturated rings. The van der Waals surface area contributed by atoms with Crippen LogP contribution in [0, 0.1) is 0 Å². The number of alkyl halides is 2. The van der Waals surface area contributed by atoms with Crippen molar-refractivity contribution < 1.29 is 23.0 Å². The standard InChI is InChI=1S/C22H25F2N5O3.HI/c1-25-22(26-13-15-12-19(31-3)8-9-20(15)32-21(23)24)27-14-16-10-11-29(28-16)17-4-6-18(30-2)7-5-17;/h4-12,21H,13-14H2,1-3H3,(H2,25,26,27);1H. The van der Waals surface area contributed by atoms with Crippen LogP contribution in [0.25, 0.3) is 5.69 Å². The molecule has 3 aromatic rings. The summed E-state index contributed by atoms with van der Waals surface area (Å²) in [5.74, 6) is 1.86. The van der Waals surface area contributed by atoms with E-state index >= 15 is 0 Å². The van der Waals surface area contributed by atoms with Crippen molar-refractivity contribution in [1.29, 1.82) is 0 Å². The van der Waals surface area contributed by atoms with E-state index in [0.29, 0.717) is 23.8 Å². The van der Waals surface area contributed by atoms with E-state index < -0.39 is 6.61 Å². The van der Waals surface area contributed by atoms with Gasteiger partial charge in [-0.3, -0.25) is 4.99 Å². The summed E-state index contributed by atoms with van der Waals surface area (Å²) in [6, 6.07) is 14.1. The molecular weight excluding hydrogens is 547 g/mol. The van der Waals surface area contributed by atoms with E-state index in [4.69, 9.17) is 9.47 Å². The normalized spacial score (nSPS) is 11.0. The summed E-state index contributed by atoms with van der Waals surface area (Å²) in [5.41, 5.74) is 2.22. The zero-order valence-corrected chi connectivity index (χ0v) is 20.7. The molecule has 0 atom stereocenters. The molecular formula is C22H26F2IN5O3. The van der Waals surface area contributed by atoms with Crippen LogP contribution in [0.1, 0.15) is 11.3 Å². The first-order chi connectivity index (χ1) is 15.5. The van der Waals surface area contributed by atoms with Crippen LogP contribution >= 0.6 is 24.0 Å². The number of hydrogen-bond acceptors (Lipinski definition) is 5. The Balaban J connectivity index is 0.00000385. The van der Waals surface area contributed by atoms with E-state index in [1.165, 1.54) is 13.2 Å². The number of aromatic nitrogens is 2. The Labute approximate surface area is 208 Å². The van der Waals surface area contributed by atoms with Crippen LogP contribution in [0.2, 0.25) is 0 Å². The lowest BCUT2D eigenvalue weighted by Gasteiger charge is -2.15. The summed E-state index contributed by atoms with van der Waals surface area (Å²) in [5, 5.41) is 10.8. The fourth-order valence-corrected chi connectivity index (χ4v) is 2.94. The Bertz CT molecular complexity index is 1040. The number of ether oxygens (including phenoxy) is 3. The Hall–Kier alpha value is -3.09. The van der Waals surface area contributed by atoms with Gasteiger partial charge in [0.25, 0.3) is 0 Å². The lowest BCUT2D eigenvalue weighted by atomic mass is 10.2. The lowest BCUT2D eigenvalue weighted by Crippen LogP contribution is -2.36. The Morgan fingerprint density at radius 1 is 1.00 bits per heavy atom. The van der Waals surface area contributed by atoms with Gasteiger partial charge in [0, 0.05) is 25.4 Å². The average molecular weight is 573 g/mol. The maximum Gasteiger partial charge on any atom is 0.387 e. The molecule has 0 unspecified atom stereocenters. The molecule has 0 saturated heterocycles. The van der Waals surface area contributed by atoms with Crippen molar-refractivity contribution in [3.8, 4) is 22.9 Å². The number of hydrogen-bond donors (Lipinski definition) is 2. The van der Waals surface area contributed by atoms with Crippen molar-refractivity contribution in [2.45, 2.75) is 19.7 Å². The number of nitrogens with zero attached hydrogens (tertiary/aromatic N) is 3. The molecule has 3 rings (SSSR count). The summed E-state index contributed by atoms with van der Waals surface area (Å²) in [6.45, 7) is -2.29. The smallest absolute Gasteiger partial charge is 0.387 e. The third-order valence-electron chi connectivity index (χ3n) is 4.57. The van der Waals surface area contributed by atoms with E-state index in [-0.39, 0.29) is 36.3 Å². The molecule has 0 spiro atoms. The molecule has 0 amide bonds. The molecule has 0 bridgehead atoms. The first kappa shape index (κ1) is 26.2. The van der Waals surface area contributed by atoms with Crippen molar-refractivity contribution in [3.63, 3.8) is 0 Å². The Kier molecular flexibility index (Phi) is 10.2. The van der Waals surface area contributed by atoms with Gasteiger partial charge in [-0.05, 0) is 48.5 Å². The van der Waals surface area contributed by atoms with E-state index in [2.05, 4.69) is 25.5 Å². The molecule has 0 saturated carbocycles. The van der Waals surface area contributed by atoms with E-state index in [1.54, 1.807) is 31.0 Å². The highest BCUT2D eigenvalue weighted by molar-refractivity contribution is 14.0. The van der Waals surface area contributed by atoms with Crippen LogP contribution < -0.4 is 24.8 Å². The highest BCUT2D eigenvalue weighted by atomic mass is 127. The van der Waals surface area contributed by atoms with Gasteiger partial charge in [0.05, 0.1) is 32.1 Å². The van der Waals surface area contributed by atoms with Gasteiger partial charge >= 0.3 is 6.61 Å². The molecule has 2 N–H and O–H groups in total. The number of methoxy groups -OCH3 is 2. The minimum Gasteiger partial charge on any atom is -0.497 e. The Morgan fingerprint density at radius 3 is 2.30 bits per heavy atom. The number of rotatable bonds is 9. The topological polar surface area (TPSA) is 81.9 Å². The number of nitrogens with one attached hydrogen (secondary N) is 2. The quantitative estimate of drug-likeness (QED) is 0.229. The molecule has 2 aromatic carbocycles. The number of benzene rings is 2. The third-order valence-corrected chi connectivity index (χ3v) is 4.57. The van der Waals surface area contributed by atoms with Gasteiger partial charge in [-0.2, -0.15) is 13.9 Å². The second-order valence-corrected chi connectivity index (χ2v) is 6.58. The summed E-state index contributed by atoms with van der Waals surface area (Å²) in [4.78, 5) is 4.16. The zero-order chi connectivity index (χ0) is 22.9. The maximum atomic E-state index is 12.7. The monoisotopic (exact) mass is 573 g/mol. The zero-order valence-electron chi connectivity index (χ0n) is 18.4. The highest BCUT2D eigenvalue weighted by Gasteiger charge is 2.12. The molecule has 8 nitrogen and oxygen atoms in total. The van der Waals surface area contributed by atoms with Gasteiger partial charge in [0.2, 0.25) is 0 Å². The van der Waals surface area contributed by atoms with Gasteiger partial charge < -0.3 is 24.8 Å². The largest absolute Gasteiger partial charge is 0.497 e. The van der Waals surface area contributed by atoms with Gasteiger partial charge in [-0.1, -0.05) is 0 Å². The predicted octanol–water partition coefficient (Wildman–Crippen LogP) is 3.97. The molecule has 1 aromatic heterocycles. The van der Waals surface area contributed by atoms with E-state index in [9.17, 15) is 8.78 Å². The van der Waals surface area contributed by atoms with E-state index in [1.807, 2.05) is 36.5 Å². The van der Waals surface area contributed by atoms with Crippen LogP contribution in [-0.4, -0.2) is 43.6 Å². The second kappa shape index (κ2) is 12.8. The summed E-state index contributed by atoms with van der Waals surface area (Å²) < 4.78 is 42.1. The third kappa shape index (κ3) is 7.48.